The molecule has 0 atom stereocenters. The SMILES string of the molecule is COc1ccc(OCCOc2ccc(C)cc2C)c(N)c1. The van der Waals surface area contributed by atoms with Crippen LogP contribution in [0, 0.1) is 13.8 Å². The van der Waals surface area contributed by atoms with Crippen LogP contribution in [-0.4, -0.2) is 20.3 Å². The molecule has 0 saturated heterocycles. The molecule has 2 N–H and O–H groups in total. The number of benzene rings is 2. The molecular weight excluding hydrogens is 266 g/mol. The summed E-state index contributed by atoms with van der Waals surface area (Å²) in [4.78, 5) is 0. The predicted octanol–water partition coefficient (Wildman–Crippen LogP) is 3.35. The zero-order valence-corrected chi connectivity index (χ0v) is 12.7. The molecule has 2 rings (SSSR count). The summed E-state index contributed by atoms with van der Waals surface area (Å²) < 4.78 is 16.4. The normalized spacial score (nSPS) is 10.2. The van der Waals surface area contributed by atoms with Gasteiger partial charge in [-0.3, -0.25) is 0 Å². The van der Waals surface area contributed by atoms with Gasteiger partial charge in [0.25, 0.3) is 0 Å². The molecule has 0 unspecified atom stereocenters. The number of aryl methyl sites for hydroxylation is 2. The van der Waals surface area contributed by atoms with Gasteiger partial charge in [-0.05, 0) is 37.6 Å². The van der Waals surface area contributed by atoms with Crippen LogP contribution in [0.15, 0.2) is 36.4 Å². The van der Waals surface area contributed by atoms with E-state index in [4.69, 9.17) is 19.9 Å². The maximum atomic E-state index is 5.89. The van der Waals surface area contributed by atoms with E-state index in [1.54, 1.807) is 19.2 Å². The second kappa shape index (κ2) is 6.88. The van der Waals surface area contributed by atoms with Gasteiger partial charge in [-0.25, -0.2) is 0 Å². The lowest BCUT2D eigenvalue weighted by Crippen LogP contribution is -2.10. The van der Waals surface area contributed by atoms with Crippen LogP contribution in [0.4, 0.5) is 5.69 Å². The number of ether oxygens (including phenoxy) is 3. The van der Waals surface area contributed by atoms with Crippen molar-refractivity contribution in [3.05, 3.63) is 47.5 Å². The molecule has 0 aliphatic rings. The third kappa shape index (κ3) is 4.05. The van der Waals surface area contributed by atoms with Crippen molar-refractivity contribution < 1.29 is 14.2 Å². The Balaban J connectivity index is 1.84. The summed E-state index contributed by atoms with van der Waals surface area (Å²) in [6, 6.07) is 11.5. The van der Waals surface area contributed by atoms with Crippen LogP contribution < -0.4 is 19.9 Å². The van der Waals surface area contributed by atoms with Crippen molar-refractivity contribution in [1.82, 2.24) is 0 Å². The fourth-order valence-electron chi connectivity index (χ4n) is 2.05. The van der Waals surface area contributed by atoms with Crippen LogP contribution >= 0.6 is 0 Å². The van der Waals surface area contributed by atoms with E-state index in [1.807, 2.05) is 25.1 Å². The maximum absolute atomic E-state index is 5.89. The molecule has 0 aliphatic carbocycles. The lowest BCUT2D eigenvalue weighted by atomic mass is 10.1. The van der Waals surface area contributed by atoms with Gasteiger partial charge in [0.2, 0.25) is 0 Å². The van der Waals surface area contributed by atoms with Crippen LogP contribution in [0.2, 0.25) is 0 Å². The number of nitrogen functional groups attached to an aromatic ring is 1. The van der Waals surface area contributed by atoms with E-state index in [1.165, 1.54) is 5.56 Å². The Labute approximate surface area is 125 Å². The molecule has 0 heterocycles. The first-order chi connectivity index (χ1) is 10.1. The van der Waals surface area contributed by atoms with Crippen LogP contribution in [0.5, 0.6) is 17.2 Å². The average molecular weight is 287 g/mol. The predicted molar refractivity (Wildman–Crippen MR) is 84.3 cm³/mol. The number of methoxy groups -OCH3 is 1. The molecular formula is C17H21NO3. The summed E-state index contributed by atoms with van der Waals surface area (Å²) in [5, 5.41) is 0. The van der Waals surface area contributed by atoms with Crippen molar-refractivity contribution in [2.75, 3.05) is 26.1 Å². The molecule has 0 aliphatic heterocycles. The van der Waals surface area contributed by atoms with Gasteiger partial charge in [-0.2, -0.15) is 0 Å². The lowest BCUT2D eigenvalue weighted by Gasteiger charge is -2.12. The average Bonchev–Trinajstić information content (AvgIpc) is 2.46. The summed E-state index contributed by atoms with van der Waals surface area (Å²) in [6.45, 7) is 5.00. The fraction of sp³-hybridized carbons (Fsp3) is 0.294. The summed E-state index contributed by atoms with van der Waals surface area (Å²) in [5.74, 6) is 2.23. The highest BCUT2D eigenvalue weighted by Gasteiger charge is 2.03. The Morgan fingerprint density at radius 3 is 2.19 bits per heavy atom. The van der Waals surface area contributed by atoms with Crippen molar-refractivity contribution in [3.8, 4) is 17.2 Å². The van der Waals surface area contributed by atoms with Crippen LogP contribution in [0.3, 0.4) is 0 Å². The number of rotatable bonds is 6. The van der Waals surface area contributed by atoms with Crippen molar-refractivity contribution in [2.24, 2.45) is 0 Å². The van der Waals surface area contributed by atoms with Crippen molar-refractivity contribution in [3.63, 3.8) is 0 Å². The summed E-state index contributed by atoms with van der Waals surface area (Å²) in [7, 11) is 1.60. The molecule has 0 aromatic heterocycles. The molecule has 0 amide bonds. The minimum atomic E-state index is 0.434. The van der Waals surface area contributed by atoms with E-state index in [0.717, 1.165) is 11.3 Å². The molecule has 112 valence electrons. The quantitative estimate of drug-likeness (QED) is 0.654. The number of anilines is 1. The van der Waals surface area contributed by atoms with Gasteiger partial charge < -0.3 is 19.9 Å². The standard InChI is InChI=1S/C17H21NO3/c1-12-4-6-16(13(2)10-12)20-8-9-21-17-7-5-14(19-3)11-15(17)18/h4-7,10-11H,8-9,18H2,1-3H3. The molecule has 21 heavy (non-hydrogen) atoms. The van der Waals surface area contributed by atoms with Crippen molar-refractivity contribution >= 4 is 5.69 Å². The number of hydrogen-bond donors (Lipinski definition) is 1. The Hall–Kier alpha value is -2.36. The highest BCUT2D eigenvalue weighted by Crippen LogP contribution is 2.26. The van der Waals surface area contributed by atoms with E-state index in [-0.39, 0.29) is 0 Å². The second-order valence-electron chi connectivity index (χ2n) is 4.87. The molecule has 2 aromatic carbocycles. The first-order valence-corrected chi connectivity index (χ1v) is 6.86. The zero-order valence-electron chi connectivity index (χ0n) is 12.7. The smallest absolute Gasteiger partial charge is 0.142 e. The minimum Gasteiger partial charge on any atom is -0.497 e. The van der Waals surface area contributed by atoms with E-state index in [2.05, 4.69) is 13.0 Å². The topological polar surface area (TPSA) is 53.7 Å². The fourth-order valence-corrected chi connectivity index (χ4v) is 2.05. The van der Waals surface area contributed by atoms with Gasteiger partial charge in [0.05, 0.1) is 12.8 Å². The number of hydrogen-bond acceptors (Lipinski definition) is 4. The third-order valence-electron chi connectivity index (χ3n) is 3.15. The van der Waals surface area contributed by atoms with E-state index in [9.17, 15) is 0 Å². The highest BCUT2D eigenvalue weighted by molar-refractivity contribution is 5.56. The van der Waals surface area contributed by atoms with E-state index >= 15 is 0 Å². The molecule has 0 fully saturated rings. The Morgan fingerprint density at radius 1 is 0.905 bits per heavy atom. The van der Waals surface area contributed by atoms with Gasteiger partial charge in [0, 0.05) is 6.07 Å². The van der Waals surface area contributed by atoms with Gasteiger partial charge in [-0.1, -0.05) is 17.7 Å². The van der Waals surface area contributed by atoms with E-state index < -0.39 is 0 Å². The second-order valence-corrected chi connectivity index (χ2v) is 4.87. The molecule has 4 nitrogen and oxygen atoms in total. The van der Waals surface area contributed by atoms with Crippen LogP contribution in [0.25, 0.3) is 0 Å². The summed E-state index contributed by atoms with van der Waals surface area (Å²) in [6.07, 6.45) is 0. The summed E-state index contributed by atoms with van der Waals surface area (Å²) >= 11 is 0. The van der Waals surface area contributed by atoms with Gasteiger partial charge in [0.15, 0.2) is 0 Å². The largest absolute Gasteiger partial charge is 0.497 e. The monoisotopic (exact) mass is 287 g/mol. The van der Waals surface area contributed by atoms with Gasteiger partial charge in [-0.15, -0.1) is 0 Å². The van der Waals surface area contributed by atoms with Gasteiger partial charge in [0.1, 0.15) is 30.5 Å². The molecule has 0 radical (unpaired) electrons. The first-order valence-electron chi connectivity index (χ1n) is 6.86. The molecule has 4 heteroatoms. The molecule has 0 saturated carbocycles. The first kappa shape index (κ1) is 15.0. The Kier molecular flexibility index (Phi) is 4.93. The summed E-state index contributed by atoms with van der Waals surface area (Å²) in [5.41, 5.74) is 8.79. The number of nitrogens with two attached hydrogens (primary N) is 1. The van der Waals surface area contributed by atoms with Crippen molar-refractivity contribution in [1.29, 1.82) is 0 Å². The van der Waals surface area contributed by atoms with E-state index in [0.29, 0.717) is 30.4 Å². The van der Waals surface area contributed by atoms with Gasteiger partial charge >= 0.3 is 0 Å². The maximum Gasteiger partial charge on any atom is 0.142 e. The Bertz CT molecular complexity index is 611. The third-order valence-corrected chi connectivity index (χ3v) is 3.15. The molecule has 0 spiro atoms. The zero-order chi connectivity index (χ0) is 15.2. The van der Waals surface area contributed by atoms with Crippen LogP contribution in [-0.2, 0) is 0 Å². The molecule has 0 bridgehead atoms. The van der Waals surface area contributed by atoms with Crippen molar-refractivity contribution in [2.45, 2.75) is 13.8 Å². The Morgan fingerprint density at radius 2 is 1.57 bits per heavy atom. The van der Waals surface area contributed by atoms with Crippen LogP contribution in [0.1, 0.15) is 11.1 Å². The molecule has 2 aromatic rings. The minimum absolute atomic E-state index is 0.434. The highest BCUT2D eigenvalue weighted by atomic mass is 16.5. The lowest BCUT2D eigenvalue weighted by molar-refractivity contribution is 0.217.